The molecular weight excluding hydrogens is 341 g/mol. The average Bonchev–Trinajstić information content (AvgIpc) is 2.24. The molecule has 5 heteroatoms. The quantitative estimate of drug-likeness (QED) is 0.493. The number of nitrogens with two attached hydrogens (primary N) is 1. The van der Waals surface area contributed by atoms with Gasteiger partial charge < -0.3 is 15.8 Å². The summed E-state index contributed by atoms with van der Waals surface area (Å²) in [5.74, 6) is 1.29. The Bertz CT molecular complexity index is 399. The van der Waals surface area contributed by atoms with Gasteiger partial charge in [-0.15, -0.1) is 24.0 Å². The first-order valence-corrected chi connectivity index (χ1v) is 5.62. The summed E-state index contributed by atoms with van der Waals surface area (Å²) in [5.41, 5.74) is 6.79. The lowest BCUT2D eigenvalue weighted by atomic mass is 10.1. The number of methoxy groups -OCH3 is 1. The second kappa shape index (κ2) is 7.45. The molecule has 0 saturated carbocycles. The Morgan fingerprint density at radius 3 is 2.61 bits per heavy atom. The molecule has 1 aromatic carbocycles. The van der Waals surface area contributed by atoms with Crippen LogP contribution in [-0.4, -0.2) is 18.6 Å². The lowest BCUT2D eigenvalue weighted by Gasteiger charge is -2.21. The zero-order chi connectivity index (χ0) is 12.9. The first-order chi connectivity index (χ1) is 7.90. The molecule has 0 fully saturated rings. The first-order valence-electron chi connectivity index (χ1n) is 5.62. The summed E-state index contributed by atoms with van der Waals surface area (Å²) in [7, 11) is 1.65. The molecule has 0 heterocycles. The number of nitrogens with one attached hydrogen (secondary N) is 1. The van der Waals surface area contributed by atoms with Crippen molar-refractivity contribution in [2.75, 3.05) is 7.11 Å². The monoisotopic (exact) mass is 363 g/mol. The van der Waals surface area contributed by atoms with Gasteiger partial charge in [0.1, 0.15) is 5.75 Å². The van der Waals surface area contributed by atoms with Gasteiger partial charge in [0, 0.05) is 5.54 Å². The number of ether oxygens (including phenoxy) is 1. The number of rotatable bonds is 3. The predicted octanol–water partition coefficient (Wildman–Crippen LogP) is 2.52. The zero-order valence-corrected chi connectivity index (χ0v) is 13.7. The third kappa shape index (κ3) is 6.68. The first kappa shape index (κ1) is 17.0. The van der Waals surface area contributed by atoms with Crippen molar-refractivity contribution in [3.05, 3.63) is 29.8 Å². The molecule has 0 spiro atoms. The van der Waals surface area contributed by atoms with Crippen molar-refractivity contribution in [2.24, 2.45) is 10.7 Å². The van der Waals surface area contributed by atoms with Gasteiger partial charge >= 0.3 is 0 Å². The molecule has 3 N–H and O–H groups in total. The highest BCUT2D eigenvalue weighted by molar-refractivity contribution is 14.0. The summed E-state index contributed by atoms with van der Waals surface area (Å²) in [6, 6.07) is 7.80. The minimum atomic E-state index is -0.0675. The van der Waals surface area contributed by atoms with Gasteiger partial charge in [0.05, 0.1) is 13.7 Å². The van der Waals surface area contributed by atoms with Crippen LogP contribution in [0.1, 0.15) is 26.3 Å². The molecule has 102 valence electrons. The number of halogens is 1. The third-order valence-corrected chi connectivity index (χ3v) is 2.07. The molecular formula is C13H22IN3O. The van der Waals surface area contributed by atoms with Crippen LogP contribution in [0.15, 0.2) is 29.3 Å². The molecule has 0 aliphatic rings. The number of hydrogen-bond acceptors (Lipinski definition) is 2. The van der Waals surface area contributed by atoms with Crippen LogP contribution < -0.4 is 15.8 Å². The Morgan fingerprint density at radius 2 is 2.06 bits per heavy atom. The molecule has 1 aromatic rings. The van der Waals surface area contributed by atoms with E-state index >= 15 is 0 Å². The van der Waals surface area contributed by atoms with Crippen LogP contribution in [0.25, 0.3) is 0 Å². The minimum Gasteiger partial charge on any atom is -0.497 e. The van der Waals surface area contributed by atoms with E-state index in [1.54, 1.807) is 7.11 Å². The van der Waals surface area contributed by atoms with Crippen LogP contribution in [0.4, 0.5) is 0 Å². The van der Waals surface area contributed by atoms with Crippen LogP contribution in [-0.2, 0) is 6.54 Å². The summed E-state index contributed by atoms with van der Waals surface area (Å²) in [5, 5.41) is 3.11. The van der Waals surface area contributed by atoms with Gasteiger partial charge in [-0.1, -0.05) is 12.1 Å². The molecule has 0 bridgehead atoms. The van der Waals surface area contributed by atoms with Crippen LogP contribution in [0.5, 0.6) is 5.75 Å². The van der Waals surface area contributed by atoms with Gasteiger partial charge in [0.15, 0.2) is 5.96 Å². The van der Waals surface area contributed by atoms with E-state index in [9.17, 15) is 0 Å². The third-order valence-electron chi connectivity index (χ3n) is 2.07. The molecule has 0 aromatic heterocycles. The lowest BCUT2D eigenvalue weighted by molar-refractivity contribution is 0.414. The molecule has 0 saturated heterocycles. The van der Waals surface area contributed by atoms with Gasteiger partial charge in [-0.05, 0) is 38.5 Å². The molecule has 0 radical (unpaired) electrons. The SMILES string of the molecule is COc1cccc(CN=C(N)NC(C)(C)C)c1.I. The smallest absolute Gasteiger partial charge is 0.189 e. The van der Waals surface area contributed by atoms with E-state index in [-0.39, 0.29) is 29.5 Å². The number of guanidine groups is 1. The van der Waals surface area contributed by atoms with E-state index in [1.807, 2.05) is 45.0 Å². The van der Waals surface area contributed by atoms with Crippen molar-refractivity contribution >= 4 is 29.9 Å². The van der Waals surface area contributed by atoms with E-state index < -0.39 is 0 Å². The Balaban J connectivity index is 0.00000289. The van der Waals surface area contributed by atoms with Crippen molar-refractivity contribution in [3.63, 3.8) is 0 Å². The van der Waals surface area contributed by atoms with Crippen molar-refractivity contribution in [1.82, 2.24) is 5.32 Å². The highest BCUT2D eigenvalue weighted by Crippen LogP contribution is 2.13. The van der Waals surface area contributed by atoms with E-state index in [0.717, 1.165) is 11.3 Å². The Kier molecular flexibility index (Phi) is 7.05. The van der Waals surface area contributed by atoms with Crippen molar-refractivity contribution < 1.29 is 4.74 Å². The highest BCUT2D eigenvalue weighted by atomic mass is 127. The summed E-state index contributed by atoms with van der Waals surface area (Å²) in [6.45, 7) is 6.68. The molecule has 0 aliphatic carbocycles. The molecule has 0 unspecified atom stereocenters. The fourth-order valence-electron chi connectivity index (χ4n) is 1.37. The maximum Gasteiger partial charge on any atom is 0.189 e. The topological polar surface area (TPSA) is 59.6 Å². The summed E-state index contributed by atoms with van der Waals surface area (Å²) in [4.78, 5) is 4.28. The maximum atomic E-state index is 5.79. The summed E-state index contributed by atoms with van der Waals surface area (Å²) >= 11 is 0. The van der Waals surface area contributed by atoms with Gasteiger partial charge in [0.2, 0.25) is 0 Å². The Hall–Kier alpha value is -0.980. The van der Waals surface area contributed by atoms with Gasteiger partial charge in [0.25, 0.3) is 0 Å². The molecule has 0 aliphatic heterocycles. The number of benzene rings is 1. The van der Waals surface area contributed by atoms with Crippen LogP contribution in [0.3, 0.4) is 0 Å². The van der Waals surface area contributed by atoms with E-state index in [1.165, 1.54) is 0 Å². The fourth-order valence-corrected chi connectivity index (χ4v) is 1.37. The average molecular weight is 363 g/mol. The van der Waals surface area contributed by atoms with Crippen molar-refractivity contribution in [3.8, 4) is 5.75 Å². The van der Waals surface area contributed by atoms with E-state index in [4.69, 9.17) is 10.5 Å². The fraction of sp³-hybridized carbons (Fsp3) is 0.462. The second-order valence-corrected chi connectivity index (χ2v) is 4.93. The van der Waals surface area contributed by atoms with Gasteiger partial charge in [-0.2, -0.15) is 0 Å². The van der Waals surface area contributed by atoms with E-state index in [2.05, 4.69) is 10.3 Å². The minimum absolute atomic E-state index is 0. The van der Waals surface area contributed by atoms with Crippen LogP contribution in [0, 0.1) is 0 Å². The second-order valence-electron chi connectivity index (χ2n) is 4.93. The van der Waals surface area contributed by atoms with Gasteiger partial charge in [-0.3, -0.25) is 0 Å². The van der Waals surface area contributed by atoms with Crippen molar-refractivity contribution in [1.29, 1.82) is 0 Å². The van der Waals surface area contributed by atoms with Gasteiger partial charge in [-0.25, -0.2) is 4.99 Å². The summed E-state index contributed by atoms with van der Waals surface area (Å²) < 4.78 is 5.15. The highest BCUT2D eigenvalue weighted by Gasteiger charge is 2.09. The Labute approximate surface area is 126 Å². The predicted molar refractivity (Wildman–Crippen MR) is 86.6 cm³/mol. The molecule has 4 nitrogen and oxygen atoms in total. The van der Waals surface area contributed by atoms with Crippen LogP contribution in [0.2, 0.25) is 0 Å². The molecule has 0 amide bonds. The number of aliphatic imine (C=N–C) groups is 1. The molecule has 0 atom stereocenters. The number of hydrogen-bond donors (Lipinski definition) is 2. The van der Waals surface area contributed by atoms with Crippen molar-refractivity contribution in [2.45, 2.75) is 32.9 Å². The largest absolute Gasteiger partial charge is 0.497 e. The maximum absolute atomic E-state index is 5.79. The zero-order valence-electron chi connectivity index (χ0n) is 11.4. The molecule has 1 rings (SSSR count). The Morgan fingerprint density at radius 1 is 1.39 bits per heavy atom. The number of nitrogens with zero attached hydrogens (tertiary/aromatic N) is 1. The lowest BCUT2D eigenvalue weighted by Crippen LogP contribution is -2.44. The van der Waals surface area contributed by atoms with E-state index in [0.29, 0.717) is 12.5 Å². The standard InChI is InChI=1S/C13H21N3O.HI/c1-13(2,3)16-12(14)15-9-10-6-5-7-11(8-10)17-4;/h5-8H,9H2,1-4H3,(H3,14,15,16);1H. The summed E-state index contributed by atoms with van der Waals surface area (Å²) in [6.07, 6.45) is 0. The molecule has 18 heavy (non-hydrogen) atoms. The van der Waals surface area contributed by atoms with Crippen LogP contribution >= 0.6 is 24.0 Å². The normalized spacial score (nSPS) is 11.7.